The van der Waals surface area contributed by atoms with E-state index in [1.807, 2.05) is 6.92 Å². The van der Waals surface area contributed by atoms with Crippen molar-refractivity contribution in [2.75, 3.05) is 6.54 Å². The maximum absolute atomic E-state index is 11.9. The fourth-order valence-corrected chi connectivity index (χ4v) is 2.29. The smallest absolute Gasteiger partial charge is 0.236 e. The van der Waals surface area contributed by atoms with Crippen LogP contribution >= 0.6 is 0 Å². The molecule has 1 atom stereocenters. The molecule has 2 N–H and O–H groups in total. The lowest BCUT2D eigenvalue weighted by atomic mass is 9.97. The van der Waals surface area contributed by atoms with Crippen molar-refractivity contribution in [2.24, 2.45) is 5.92 Å². The SMILES string of the molecule is CCCCCNC(=O)C(C)NC(C)(C)C1CC1. The van der Waals surface area contributed by atoms with Crippen LogP contribution in [0.1, 0.15) is 59.8 Å². The molecule has 0 saturated heterocycles. The molecule has 1 saturated carbocycles. The Kier molecular flexibility index (Phi) is 5.44. The van der Waals surface area contributed by atoms with Crippen molar-refractivity contribution < 1.29 is 4.79 Å². The number of carbonyl (C=O) groups is 1. The molecule has 0 aromatic heterocycles. The third-order valence-electron chi connectivity index (χ3n) is 3.66. The minimum Gasteiger partial charge on any atom is -0.355 e. The average Bonchev–Trinajstić information content (AvgIpc) is 3.07. The second kappa shape index (κ2) is 6.39. The number of rotatable bonds is 8. The number of nitrogens with one attached hydrogen (secondary N) is 2. The Morgan fingerprint density at radius 2 is 2.00 bits per heavy atom. The Bertz CT molecular complexity index is 247. The van der Waals surface area contributed by atoms with E-state index in [-0.39, 0.29) is 17.5 Å². The molecule has 1 aliphatic rings. The third-order valence-corrected chi connectivity index (χ3v) is 3.66. The first-order chi connectivity index (χ1) is 7.97. The Balaban J connectivity index is 2.21. The lowest BCUT2D eigenvalue weighted by molar-refractivity contribution is -0.123. The largest absolute Gasteiger partial charge is 0.355 e. The molecule has 1 rings (SSSR count). The van der Waals surface area contributed by atoms with E-state index in [1.54, 1.807) is 0 Å². The third kappa shape index (κ3) is 5.07. The van der Waals surface area contributed by atoms with E-state index in [9.17, 15) is 4.79 Å². The minimum absolute atomic E-state index is 0.0905. The molecule has 0 heterocycles. The Morgan fingerprint density at radius 3 is 2.53 bits per heavy atom. The summed E-state index contributed by atoms with van der Waals surface area (Å²) in [5.74, 6) is 0.882. The predicted molar refractivity (Wildman–Crippen MR) is 71.9 cm³/mol. The summed E-state index contributed by atoms with van der Waals surface area (Å²) in [5.41, 5.74) is 0.0974. The van der Waals surface area contributed by atoms with Crippen LogP contribution in [0.25, 0.3) is 0 Å². The standard InChI is InChI=1S/C14H28N2O/c1-5-6-7-10-15-13(17)11(2)16-14(3,4)12-8-9-12/h11-12,16H,5-10H2,1-4H3,(H,15,17). The van der Waals surface area contributed by atoms with Crippen molar-refractivity contribution in [3.05, 3.63) is 0 Å². The first-order valence-electron chi connectivity index (χ1n) is 7.02. The van der Waals surface area contributed by atoms with E-state index in [4.69, 9.17) is 0 Å². The van der Waals surface area contributed by atoms with Crippen LogP contribution in [-0.2, 0) is 4.79 Å². The first kappa shape index (κ1) is 14.5. The zero-order valence-electron chi connectivity index (χ0n) is 11.8. The molecule has 0 aromatic carbocycles. The molecule has 0 spiro atoms. The van der Waals surface area contributed by atoms with E-state index in [2.05, 4.69) is 31.4 Å². The number of hydrogen-bond donors (Lipinski definition) is 2. The van der Waals surface area contributed by atoms with E-state index < -0.39 is 0 Å². The highest BCUT2D eigenvalue weighted by Crippen LogP contribution is 2.39. The van der Waals surface area contributed by atoms with Gasteiger partial charge in [0.15, 0.2) is 0 Å². The van der Waals surface area contributed by atoms with Crippen LogP contribution in [0.15, 0.2) is 0 Å². The van der Waals surface area contributed by atoms with Crippen molar-refractivity contribution in [2.45, 2.75) is 71.4 Å². The molecule has 1 unspecified atom stereocenters. The van der Waals surface area contributed by atoms with Crippen LogP contribution in [0.2, 0.25) is 0 Å². The number of unbranched alkanes of at least 4 members (excludes halogenated alkanes) is 2. The van der Waals surface area contributed by atoms with Gasteiger partial charge in [-0.3, -0.25) is 4.79 Å². The summed E-state index contributed by atoms with van der Waals surface area (Å²) in [6, 6.07) is -0.0905. The van der Waals surface area contributed by atoms with Gasteiger partial charge in [0, 0.05) is 12.1 Å². The molecule has 1 aliphatic carbocycles. The van der Waals surface area contributed by atoms with Gasteiger partial charge in [-0.1, -0.05) is 19.8 Å². The summed E-state index contributed by atoms with van der Waals surface area (Å²) >= 11 is 0. The molecule has 0 radical (unpaired) electrons. The Labute approximate surface area is 106 Å². The summed E-state index contributed by atoms with van der Waals surface area (Å²) in [4.78, 5) is 11.9. The Morgan fingerprint density at radius 1 is 1.35 bits per heavy atom. The maximum atomic E-state index is 11.9. The molecule has 3 nitrogen and oxygen atoms in total. The van der Waals surface area contributed by atoms with E-state index >= 15 is 0 Å². The molecule has 100 valence electrons. The van der Waals surface area contributed by atoms with Gasteiger partial charge < -0.3 is 10.6 Å². The zero-order valence-corrected chi connectivity index (χ0v) is 11.8. The summed E-state index contributed by atoms with van der Waals surface area (Å²) in [6.45, 7) is 9.34. The van der Waals surface area contributed by atoms with Crippen molar-refractivity contribution in [3.63, 3.8) is 0 Å². The minimum atomic E-state index is -0.0905. The van der Waals surface area contributed by atoms with Crippen molar-refractivity contribution >= 4 is 5.91 Å². The summed E-state index contributed by atoms with van der Waals surface area (Å²) in [6.07, 6.45) is 6.06. The monoisotopic (exact) mass is 240 g/mol. The topological polar surface area (TPSA) is 41.1 Å². The highest BCUT2D eigenvalue weighted by Gasteiger charge is 2.38. The van der Waals surface area contributed by atoms with Gasteiger partial charge in [-0.15, -0.1) is 0 Å². The van der Waals surface area contributed by atoms with Gasteiger partial charge in [-0.05, 0) is 46.0 Å². The van der Waals surface area contributed by atoms with Gasteiger partial charge in [0.2, 0.25) is 5.91 Å². The van der Waals surface area contributed by atoms with Crippen LogP contribution in [0, 0.1) is 5.92 Å². The molecule has 0 aliphatic heterocycles. The zero-order chi connectivity index (χ0) is 12.9. The molecule has 1 fully saturated rings. The molecule has 3 heteroatoms. The summed E-state index contributed by atoms with van der Waals surface area (Å²) in [7, 11) is 0. The second-order valence-electron chi connectivity index (χ2n) is 5.86. The second-order valence-corrected chi connectivity index (χ2v) is 5.86. The first-order valence-corrected chi connectivity index (χ1v) is 7.02. The fourth-order valence-electron chi connectivity index (χ4n) is 2.29. The molecule has 0 aromatic rings. The van der Waals surface area contributed by atoms with E-state index in [0.29, 0.717) is 0 Å². The molecule has 1 amide bonds. The molecule has 17 heavy (non-hydrogen) atoms. The van der Waals surface area contributed by atoms with Crippen LogP contribution in [-0.4, -0.2) is 24.0 Å². The number of amides is 1. The van der Waals surface area contributed by atoms with E-state index in [1.165, 1.54) is 25.7 Å². The molecular formula is C14H28N2O. The van der Waals surface area contributed by atoms with Gasteiger partial charge in [-0.2, -0.15) is 0 Å². The maximum Gasteiger partial charge on any atom is 0.236 e. The van der Waals surface area contributed by atoms with Crippen LogP contribution in [0.5, 0.6) is 0 Å². The summed E-state index contributed by atoms with van der Waals surface area (Å²) in [5, 5.41) is 6.44. The molecule has 0 bridgehead atoms. The highest BCUT2D eigenvalue weighted by molar-refractivity contribution is 5.81. The number of hydrogen-bond acceptors (Lipinski definition) is 2. The predicted octanol–water partition coefficient (Wildman–Crippen LogP) is 2.46. The normalized spacial score (nSPS) is 17.9. The average molecular weight is 240 g/mol. The van der Waals surface area contributed by atoms with Gasteiger partial charge in [0.25, 0.3) is 0 Å². The van der Waals surface area contributed by atoms with E-state index in [0.717, 1.165) is 18.9 Å². The lowest BCUT2D eigenvalue weighted by Crippen LogP contribution is -2.52. The van der Waals surface area contributed by atoms with Crippen LogP contribution in [0.3, 0.4) is 0 Å². The van der Waals surface area contributed by atoms with Crippen LogP contribution < -0.4 is 10.6 Å². The number of carbonyl (C=O) groups excluding carboxylic acids is 1. The van der Waals surface area contributed by atoms with Crippen molar-refractivity contribution in [3.8, 4) is 0 Å². The van der Waals surface area contributed by atoms with Gasteiger partial charge in [-0.25, -0.2) is 0 Å². The fraction of sp³-hybridized carbons (Fsp3) is 0.929. The van der Waals surface area contributed by atoms with Crippen LogP contribution in [0.4, 0.5) is 0 Å². The van der Waals surface area contributed by atoms with Gasteiger partial charge in [0.05, 0.1) is 6.04 Å². The quantitative estimate of drug-likeness (QED) is 0.640. The molecular weight excluding hydrogens is 212 g/mol. The van der Waals surface area contributed by atoms with Gasteiger partial charge >= 0.3 is 0 Å². The lowest BCUT2D eigenvalue weighted by Gasteiger charge is -2.29. The highest BCUT2D eigenvalue weighted by atomic mass is 16.2. The van der Waals surface area contributed by atoms with Crippen molar-refractivity contribution in [1.29, 1.82) is 0 Å². The Hall–Kier alpha value is -0.570. The van der Waals surface area contributed by atoms with Crippen molar-refractivity contribution in [1.82, 2.24) is 10.6 Å². The summed E-state index contributed by atoms with van der Waals surface area (Å²) < 4.78 is 0. The van der Waals surface area contributed by atoms with Gasteiger partial charge in [0.1, 0.15) is 0 Å².